The zero-order chi connectivity index (χ0) is 15.9. The molecule has 0 heterocycles. The van der Waals surface area contributed by atoms with Crippen molar-refractivity contribution in [2.24, 2.45) is 0 Å². The van der Waals surface area contributed by atoms with Crippen LogP contribution in [0.15, 0.2) is 42.5 Å². The molecule has 2 aromatic carbocycles. The van der Waals surface area contributed by atoms with Crippen LogP contribution >= 0.6 is 35.0 Å². The normalized spacial score (nSPS) is 10.0. The minimum absolute atomic E-state index is 0.163. The third-order valence-corrected chi connectivity index (χ3v) is 4.38. The Morgan fingerprint density at radius 1 is 1.23 bits per heavy atom. The quantitative estimate of drug-likeness (QED) is 0.847. The first-order valence-corrected chi connectivity index (χ1v) is 8.32. The number of hydrogen-bond donors (Lipinski definition) is 1. The molecule has 0 bridgehead atoms. The van der Waals surface area contributed by atoms with E-state index in [1.807, 2.05) is 18.2 Å². The summed E-state index contributed by atoms with van der Waals surface area (Å²) in [6.45, 7) is 0. The SMILES string of the molecule is N#Cc1ccccc1CSCC(=O)Nc1cc(Cl)ccc1Cl. The van der Waals surface area contributed by atoms with Crippen molar-refractivity contribution in [3.05, 3.63) is 63.6 Å². The molecule has 6 heteroatoms. The van der Waals surface area contributed by atoms with Crippen LogP contribution in [0.1, 0.15) is 11.1 Å². The molecule has 0 saturated heterocycles. The van der Waals surface area contributed by atoms with Crippen molar-refractivity contribution < 1.29 is 4.79 Å². The van der Waals surface area contributed by atoms with E-state index in [9.17, 15) is 4.79 Å². The van der Waals surface area contributed by atoms with Crippen LogP contribution in [0.4, 0.5) is 5.69 Å². The molecule has 112 valence electrons. The fourth-order valence-electron chi connectivity index (χ4n) is 1.79. The molecule has 3 nitrogen and oxygen atoms in total. The largest absolute Gasteiger partial charge is 0.324 e. The third-order valence-electron chi connectivity index (χ3n) is 2.83. The third kappa shape index (κ3) is 4.67. The number of rotatable bonds is 5. The zero-order valence-corrected chi connectivity index (χ0v) is 13.8. The number of anilines is 1. The lowest BCUT2D eigenvalue weighted by molar-refractivity contribution is -0.113. The van der Waals surface area contributed by atoms with Gasteiger partial charge in [-0.2, -0.15) is 5.26 Å². The second-order valence-electron chi connectivity index (χ2n) is 4.43. The molecule has 0 aliphatic carbocycles. The number of nitrogens with one attached hydrogen (secondary N) is 1. The minimum atomic E-state index is -0.163. The molecule has 1 N–H and O–H groups in total. The number of nitrogens with zero attached hydrogens (tertiary/aromatic N) is 1. The lowest BCUT2D eigenvalue weighted by atomic mass is 10.1. The van der Waals surface area contributed by atoms with Crippen LogP contribution in [0.3, 0.4) is 0 Å². The maximum atomic E-state index is 11.9. The van der Waals surface area contributed by atoms with Gasteiger partial charge in [0.2, 0.25) is 5.91 Å². The van der Waals surface area contributed by atoms with Gasteiger partial charge in [0.15, 0.2) is 0 Å². The molecule has 0 spiro atoms. The Hall–Kier alpha value is -1.67. The van der Waals surface area contributed by atoms with Crippen molar-refractivity contribution in [1.29, 1.82) is 5.26 Å². The highest BCUT2D eigenvalue weighted by atomic mass is 35.5. The predicted octanol–water partition coefficient (Wildman–Crippen LogP) is 4.74. The van der Waals surface area contributed by atoms with Gasteiger partial charge in [-0.3, -0.25) is 4.79 Å². The molecule has 2 rings (SSSR count). The van der Waals surface area contributed by atoms with Crippen LogP contribution in [0.2, 0.25) is 10.0 Å². The summed E-state index contributed by atoms with van der Waals surface area (Å²) in [4.78, 5) is 11.9. The fourth-order valence-corrected chi connectivity index (χ4v) is 2.96. The van der Waals surface area contributed by atoms with Gasteiger partial charge in [-0.15, -0.1) is 11.8 Å². The van der Waals surface area contributed by atoms with Crippen molar-refractivity contribution in [2.45, 2.75) is 5.75 Å². The van der Waals surface area contributed by atoms with Gasteiger partial charge in [0.25, 0.3) is 0 Å². The summed E-state index contributed by atoms with van der Waals surface area (Å²) in [7, 11) is 0. The molecule has 0 aromatic heterocycles. The predicted molar refractivity (Wildman–Crippen MR) is 92.4 cm³/mol. The molecular formula is C16H12Cl2N2OS. The second-order valence-corrected chi connectivity index (χ2v) is 6.26. The van der Waals surface area contributed by atoms with E-state index >= 15 is 0 Å². The molecule has 0 saturated carbocycles. The molecule has 0 aliphatic rings. The van der Waals surface area contributed by atoms with Crippen molar-refractivity contribution in [1.82, 2.24) is 0 Å². The maximum Gasteiger partial charge on any atom is 0.234 e. The average molecular weight is 351 g/mol. The molecule has 0 atom stereocenters. The molecule has 0 fully saturated rings. The zero-order valence-electron chi connectivity index (χ0n) is 11.5. The number of hydrogen-bond acceptors (Lipinski definition) is 3. The van der Waals surface area contributed by atoms with Crippen LogP contribution in [0.5, 0.6) is 0 Å². The Balaban J connectivity index is 1.88. The molecule has 0 unspecified atom stereocenters. The highest BCUT2D eigenvalue weighted by Gasteiger charge is 2.08. The molecule has 0 radical (unpaired) electrons. The average Bonchev–Trinajstić information content (AvgIpc) is 2.51. The monoisotopic (exact) mass is 350 g/mol. The Morgan fingerprint density at radius 3 is 2.77 bits per heavy atom. The van der Waals surface area contributed by atoms with Gasteiger partial charge in [0, 0.05) is 10.8 Å². The van der Waals surface area contributed by atoms with Gasteiger partial charge in [-0.25, -0.2) is 0 Å². The summed E-state index contributed by atoms with van der Waals surface area (Å²) < 4.78 is 0. The first-order valence-electron chi connectivity index (χ1n) is 6.41. The van der Waals surface area contributed by atoms with Crippen molar-refractivity contribution in [3.8, 4) is 6.07 Å². The van der Waals surface area contributed by atoms with E-state index in [4.69, 9.17) is 28.5 Å². The minimum Gasteiger partial charge on any atom is -0.324 e. The second kappa shape index (κ2) is 8.09. The maximum absolute atomic E-state index is 11.9. The number of halogens is 2. The Morgan fingerprint density at radius 2 is 2.00 bits per heavy atom. The van der Waals surface area contributed by atoms with E-state index in [0.717, 1.165) is 5.56 Å². The number of benzene rings is 2. The van der Waals surface area contributed by atoms with E-state index < -0.39 is 0 Å². The topological polar surface area (TPSA) is 52.9 Å². The summed E-state index contributed by atoms with van der Waals surface area (Å²) in [5.74, 6) is 0.701. The van der Waals surface area contributed by atoms with Crippen LogP contribution < -0.4 is 5.32 Å². The van der Waals surface area contributed by atoms with Gasteiger partial charge in [0.1, 0.15) is 0 Å². The molecular weight excluding hydrogens is 339 g/mol. The van der Waals surface area contributed by atoms with Gasteiger partial charge >= 0.3 is 0 Å². The Labute approximate surface area is 143 Å². The van der Waals surface area contributed by atoms with Gasteiger partial charge in [-0.05, 0) is 29.8 Å². The summed E-state index contributed by atoms with van der Waals surface area (Å²) >= 11 is 13.3. The van der Waals surface area contributed by atoms with Crippen molar-refractivity contribution in [3.63, 3.8) is 0 Å². The Kier molecular flexibility index (Phi) is 6.14. The first kappa shape index (κ1) is 16.7. The number of carbonyl (C=O) groups is 1. The van der Waals surface area contributed by atoms with Gasteiger partial charge < -0.3 is 5.32 Å². The molecule has 0 aliphatic heterocycles. The van der Waals surface area contributed by atoms with Crippen LogP contribution in [-0.4, -0.2) is 11.7 Å². The standard InChI is InChI=1S/C16H12Cl2N2OS/c17-13-5-6-14(18)15(7-13)20-16(21)10-22-9-12-4-2-1-3-11(12)8-19/h1-7H,9-10H2,(H,20,21). The lowest BCUT2D eigenvalue weighted by Gasteiger charge is -2.08. The number of thioether (sulfide) groups is 1. The molecule has 2 aromatic rings. The number of nitriles is 1. The van der Waals surface area contributed by atoms with Crippen molar-refractivity contribution >= 4 is 46.6 Å². The van der Waals surface area contributed by atoms with Crippen LogP contribution in [0, 0.1) is 11.3 Å². The van der Waals surface area contributed by atoms with E-state index in [2.05, 4.69) is 11.4 Å². The summed E-state index contributed by atoms with van der Waals surface area (Å²) in [5, 5.41) is 12.7. The van der Waals surface area contributed by atoms with Crippen molar-refractivity contribution in [2.75, 3.05) is 11.1 Å². The van der Waals surface area contributed by atoms with Gasteiger partial charge in [-0.1, -0.05) is 41.4 Å². The Bertz CT molecular complexity index is 728. The highest BCUT2D eigenvalue weighted by Crippen LogP contribution is 2.25. The van der Waals surface area contributed by atoms with E-state index in [1.54, 1.807) is 24.3 Å². The van der Waals surface area contributed by atoms with E-state index in [0.29, 0.717) is 27.0 Å². The highest BCUT2D eigenvalue weighted by molar-refractivity contribution is 7.99. The number of carbonyl (C=O) groups excluding carboxylic acids is 1. The van der Waals surface area contributed by atoms with Crippen LogP contribution in [-0.2, 0) is 10.5 Å². The smallest absolute Gasteiger partial charge is 0.234 e. The number of amides is 1. The molecule has 1 amide bonds. The lowest BCUT2D eigenvalue weighted by Crippen LogP contribution is -2.14. The summed E-state index contributed by atoms with van der Waals surface area (Å²) in [5.41, 5.74) is 2.05. The summed E-state index contributed by atoms with van der Waals surface area (Å²) in [6, 6.07) is 14.4. The van der Waals surface area contributed by atoms with Gasteiger partial charge in [0.05, 0.1) is 28.1 Å². The van der Waals surface area contributed by atoms with E-state index in [-0.39, 0.29) is 11.7 Å². The fraction of sp³-hybridized carbons (Fsp3) is 0.125. The summed E-state index contributed by atoms with van der Waals surface area (Å²) in [6.07, 6.45) is 0. The first-order chi connectivity index (χ1) is 10.6. The van der Waals surface area contributed by atoms with E-state index in [1.165, 1.54) is 11.8 Å². The van der Waals surface area contributed by atoms with Crippen LogP contribution in [0.25, 0.3) is 0 Å². The molecule has 22 heavy (non-hydrogen) atoms.